The Morgan fingerprint density at radius 1 is 0.240 bits per heavy atom. The van der Waals surface area contributed by atoms with Crippen LogP contribution in [0.1, 0.15) is 24.7 Å². The minimum absolute atomic E-state index is 0.0108. The Morgan fingerprint density at radius 3 is 0.880 bits per heavy atom. The van der Waals surface area contributed by atoms with Gasteiger partial charge in [-0.05, 0) is 106 Å². The molecule has 0 N–H and O–H groups in total. The molecule has 0 bridgehead atoms. The standard InChI is InChI=1S/C48H36N2/c1-5-13-37(14-6-1)39-21-29-45(30-22-39)49(43-17-9-3-10-18-43)47-33-25-41(26-34-47)42-27-35-48(36-28-42)50(44-19-11-4-12-20-44)46-31-23-40(24-32-46)38-15-7-2-8-16-38/h1-36H/i3D,4D,9D,10D,11D,12D,17D,18D,19D,20D,21D,22D,23D,24D,29D,30D,31D,32D. The molecule has 0 amide bonds. The Bertz CT molecular complexity index is 2970. The maximum absolute atomic E-state index is 9.17. The second kappa shape index (κ2) is 14.2. The lowest BCUT2D eigenvalue weighted by Gasteiger charge is -2.26. The van der Waals surface area contributed by atoms with E-state index in [0.717, 1.165) is 9.80 Å². The van der Waals surface area contributed by atoms with Crippen molar-refractivity contribution >= 4 is 34.1 Å². The zero-order valence-corrected chi connectivity index (χ0v) is 26.3. The molecule has 2 nitrogen and oxygen atoms in total. The van der Waals surface area contributed by atoms with Crippen molar-refractivity contribution in [2.24, 2.45) is 0 Å². The van der Waals surface area contributed by atoms with Crippen LogP contribution in [0.15, 0.2) is 218 Å². The Kier molecular flexibility index (Phi) is 4.74. The average molecular weight is 659 g/mol. The number of rotatable bonds is 9. The molecule has 0 aliphatic rings. The Labute approximate surface area is 320 Å². The summed E-state index contributed by atoms with van der Waals surface area (Å²) in [6.07, 6.45) is 0. The largest absolute Gasteiger partial charge is 0.311 e. The van der Waals surface area contributed by atoms with Gasteiger partial charge in [0.05, 0.1) is 24.7 Å². The zero-order chi connectivity index (χ0) is 49.2. The van der Waals surface area contributed by atoms with E-state index in [4.69, 9.17) is 19.2 Å². The van der Waals surface area contributed by atoms with E-state index in [1.54, 1.807) is 84.9 Å². The third kappa shape index (κ3) is 6.56. The highest BCUT2D eigenvalue weighted by molar-refractivity contribution is 5.82. The fourth-order valence-electron chi connectivity index (χ4n) is 5.39. The highest BCUT2D eigenvalue weighted by Gasteiger charge is 2.15. The molecule has 0 aliphatic carbocycles. The molecule has 50 heavy (non-hydrogen) atoms. The second-order valence-electron chi connectivity index (χ2n) is 10.9. The van der Waals surface area contributed by atoms with Gasteiger partial charge in [0.1, 0.15) is 0 Å². The van der Waals surface area contributed by atoms with Crippen LogP contribution in [0.2, 0.25) is 0 Å². The van der Waals surface area contributed by atoms with Gasteiger partial charge in [0.2, 0.25) is 0 Å². The minimum atomic E-state index is -0.684. The molecule has 0 atom stereocenters. The molecular formula is C48H36N2. The van der Waals surface area contributed by atoms with E-state index >= 15 is 0 Å². The molecule has 238 valence electrons. The lowest BCUT2D eigenvalue weighted by Crippen LogP contribution is -2.10. The van der Waals surface area contributed by atoms with Gasteiger partial charge < -0.3 is 9.80 Å². The third-order valence-electron chi connectivity index (χ3n) is 7.80. The summed E-state index contributed by atoms with van der Waals surface area (Å²) in [4.78, 5) is 2.23. The fraction of sp³-hybridized carbons (Fsp3) is 0. The smallest absolute Gasteiger partial charge is 0.0645 e. The lowest BCUT2D eigenvalue weighted by atomic mass is 10.0. The van der Waals surface area contributed by atoms with E-state index in [1.807, 2.05) is 0 Å². The second-order valence-corrected chi connectivity index (χ2v) is 10.9. The van der Waals surface area contributed by atoms with Crippen LogP contribution in [-0.4, -0.2) is 0 Å². The quantitative estimate of drug-likeness (QED) is 0.152. The highest BCUT2D eigenvalue weighted by atomic mass is 15.1. The van der Waals surface area contributed by atoms with E-state index in [9.17, 15) is 5.48 Å². The maximum atomic E-state index is 9.17. The van der Waals surface area contributed by atoms with Crippen molar-refractivity contribution < 1.29 is 24.7 Å². The minimum Gasteiger partial charge on any atom is -0.311 e. The molecule has 0 saturated carbocycles. The summed E-state index contributed by atoms with van der Waals surface area (Å²) < 4.78 is 158. The van der Waals surface area contributed by atoms with Crippen molar-refractivity contribution in [3.63, 3.8) is 0 Å². The van der Waals surface area contributed by atoms with Gasteiger partial charge in [-0.1, -0.05) is 145 Å². The van der Waals surface area contributed by atoms with Crippen LogP contribution in [0.3, 0.4) is 0 Å². The van der Waals surface area contributed by atoms with Crippen molar-refractivity contribution in [2.75, 3.05) is 9.80 Å². The van der Waals surface area contributed by atoms with E-state index in [-0.39, 0.29) is 33.9 Å². The summed E-state index contributed by atoms with van der Waals surface area (Å²) in [5.74, 6) is 0. The summed E-state index contributed by atoms with van der Waals surface area (Å²) >= 11 is 0. The first-order chi connectivity index (χ1) is 32.3. The van der Waals surface area contributed by atoms with Crippen LogP contribution in [0, 0.1) is 0 Å². The molecule has 0 radical (unpaired) electrons. The predicted molar refractivity (Wildman–Crippen MR) is 212 cm³/mol. The monoisotopic (exact) mass is 658 g/mol. The predicted octanol–water partition coefficient (Wildman–Crippen LogP) is 13.6. The molecule has 0 saturated heterocycles. The van der Waals surface area contributed by atoms with Crippen LogP contribution >= 0.6 is 0 Å². The van der Waals surface area contributed by atoms with E-state index in [0.29, 0.717) is 22.3 Å². The van der Waals surface area contributed by atoms with Crippen molar-refractivity contribution in [1.29, 1.82) is 0 Å². The summed E-state index contributed by atoms with van der Waals surface area (Å²) in [6, 6.07) is 18.8. The van der Waals surface area contributed by atoms with Gasteiger partial charge in [0, 0.05) is 34.1 Å². The van der Waals surface area contributed by atoms with E-state index < -0.39 is 120 Å². The molecule has 0 fully saturated rings. The first-order valence-electron chi connectivity index (χ1n) is 24.6. The summed E-state index contributed by atoms with van der Waals surface area (Å²) in [5, 5.41) is 0. The number of hydrogen-bond acceptors (Lipinski definition) is 2. The van der Waals surface area contributed by atoms with E-state index in [2.05, 4.69) is 0 Å². The van der Waals surface area contributed by atoms with Gasteiger partial charge in [0.25, 0.3) is 0 Å². The number of hydrogen-bond donors (Lipinski definition) is 0. The molecule has 0 aromatic heterocycles. The normalized spacial score (nSPS) is 15.8. The Morgan fingerprint density at radius 2 is 0.540 bits per heavy atom. The number of anilines is 6. The first kappa shape index (κ1) is 16.6. The Hall–Kier alpha value is -6.64. The van der Waals surface area contributed by atoms with Crippen molar-refractivity contribution in [3.8, 4) is 33.4 Å². The third-order valence-corrected chi connectivity index (χ3v) is 7.80. The molecule has 2 heteroatoms. The molecule has 0 spiro atoms. The van der Waals surface area contributed by atoms with Gasteiger partial charge in [-0.15, -0.1) is 0 Å². The zero-order valence-electron chi connectivity index (χ0n) is 44.3. The molecular weight excluding hydrogens is 605 g/mol. The molecule has 8 rings (SSSR count). The SMILES string of the molecule is [2H]c1c([2H])c([2H])c(N(c2ccc(-c3ccc(N(c4c([2H])c([2H])c([2H])c([2H])c4[2H])c4c([2H])c([2H])c(-c5ccccc5)c([2H])c4[2H])cc3)cc2)c2c([2H])c([2H])c(-c3ccccc3)c([2H])c2[2H])c([2H])c1[2H]. The van der Waals surface area contributed by atoms with Crippen molar-refractivity contribution in [3.05, 3.63) is 218 Å². The summed E-state index contributed by atoms with van der Waals surface area (Å²) in [7, 11) is 0. The molecule has 0 unspecified atom stereocenters. The molecule has 8 aromatic carbocycles. The van der Waals surface area contributed by atoms with Crippen LogP contribution in [0.4, 0.5) is 34.1 Å². The average Bonchev–Trinajstić information content (AvgIpc) is 3.35. The summed E-state index contributed by atoms with van der Waals surface area (Å²) in [6.45, 7) is 0. The molecule has 8 aromatic rings. The van der Waals surface area contributed by atoms with Gasteiger partial charge in [-0.25, -0.2) is 0 Å². The van der Waals surface area contributed by atoms with Crippen LogP contribution in [0.5, 0.6) is 0 Å². The molecule has 0 aliphatic heterocycles. The highest BCUT2D eigenvalue weighted by Crippen LogP contribution is 2.39. The van der Waals surface area contributed by atoms with Gasteiger partial charge in [-0.2, -0.15) is 0 Å². The number of nitrogens with zero attached hydrogens (tertiary/aromatic N) is 2. The molecule has 0 heterocycles. The van der Waals surface area contributed by atoms with Gasteiger partial charge >= 0.3 is 0 Å². The number of benzene rings is 8. The maximum Gasteiger partial charge on any atom is 0.0645 e. The number of para-hydroxylation sites is 2. The fourth-order valence-corrected chi connectivity index (χ4v) is 5.39. The van der Waals surface area contributed by atoms with Crippen molar-refractivity contribution in [2.45, 2.75) is 0 Å². The first-order valence-corrected chi connectivity index (χ1v) is 15.6. The van der Waals surface area contributed by atoms with Crippen LogP contribution in [0.25, 0.3) is 33.4 Å². The lowest BCUT2D eigenvalue weighted by molar-refractivity contribution is 1.28. The Balaban J connectivity index is 1.28. The topological polar surface area (TPSA) is 6.48 Å². The van der Waals surface area contributed by atoms with Gasteiger partial charge in [0.15, 0.2) is 0 Å². The van der Waals surface area contributed by atoms with Gasteiger partial charge in [-0.3, -0.25) is 0 Å². The summed E-state index contributed by atoms with van der Waals surface area (Å²) in [5.41, 5.74) is 0.592. The van der Waals surface area contributed by atoms with E-state index in [1.165, 1.54) is 24.3 Å². The van der Waals surface area contributed by atoms with Crippen LogP contribution < -0.4 is 9.80 Å². The van der Waals surface area contributed by atoms with Crippen molar-refractivity contribution in [1.82, 2.24) is 0 Å². The van der Waals surface area contributed by atoms with Crippen LogP contribution in [-0.2, 0) is 0 Å².